The zero-order valence-corrected chi connectivity index (χ0v) is 10.5. The number of hydrogen-bond donors (Lipinski definition) is 1. The summed E-state index contributed by atoms with van der Waals surface area (Å²) in [6.07, 6.45) is 0.155. The maximum atomic E-state index is 13.4. The number of aliphatic carboxylic acids is 1. The van der Waals surface area contributed by atoms with Gasteiger partial charge in [0.15, 0.2) is 0 Å². The second-order valence-electron chi connectivity index (χ2n) is 4.33. The lowest BCUT2D eigenvalue weighted by Crippen LogP contribution is -2.15. The maximum Gasteiger partial charge on any atom is 0.306 e. The van der Waals surface area contributed by atoms with Crippen LogP contribution in [-0.2, 0) is 17.1 Å². The number of rotatable bonds is 5. The van der Waals surface area contributed by atoms with E-state index in [0.29, 0.717) is 5.56 Å². The first kappa shape index (κ1) is 14.4. The Balaban J connectivity index is 3.17. The summed E-state index contributed by atoms with van der Waals surface area (Å²) in [5.41, 5.74) is 0.256. The van der Waals surface area contributed by atoms with Crippen LogP contribution in [0.2, 0.25) is 0 Å². The predicted molar refractivity (Wildman–Crippen MR) is 63.1 cm³/mol. The molecule has 3 nitrogen and oxygen atoms in total. The molecule has 0 aromatic heterocycles. The molecule has 1 aromatic rings. The van der Waals surface area contributed by atoms with Crippen molar-refractivity contribution in [2.75, 3.05) is 7.11 Å². The molecule has 0 amide bonds. The molecule has 0 heterocycles. The summed E-state index contributed by atoms with van der Waals surface area (Å²) < 4.78 is 31.8. The predicted octanol–water partition coefficient (Wildman–Crippen LogP) is 3.07. The van der Waals surface area contributed by atoms with E-state index in [1.165, 1.54) is 26.2 Å². The lowest BCUT2D eigenvalue weighted by atomic mass is 9.96. The molecule has 0 radical (unpaired) electrons. The molecule has 0 saturated heterocycles. The topological polar surface area (TPSA) is 46.5 Å². The summed E-state index contributed by atoms with van der Waals surface area (Å²) in [4.78, 5) is 10.8. The van der Waals surface area contributed by atoms with Crippen LogP contribution in [0.5, 0.6) is 5.75 Å². The molecule has 0 spiro atoms. The normalized spacial score (nSPS) is 13.2. The molecule has 1 rings (SSSR count). The highest BCUT2D eigenvalue weighted by Crippen LogP contribution is 2.37. The Morgan fingerprint density at radius 2 is 2.11 bits per heavy atom. The molecule has 1 unspecified atom stereocenters. The molecular formula is C13H16F2O3. The fourth-order valence-corrected chi connectivity index (χ4v) is 1.75. The van der Waals surface area contributed by atoms with Gasteiger partial charge in [0.05, 0.1) is 18.6 Å². The summed E-state index contributed by atoms with van der Waals surface area (Å²) in [6, 6.07) is 4.38. The van der Waals surface area contributed by atoms with Gasteiger partial charge in [0.2, 0.25) is 0 Å². The van der Waals surface area contributed by atoms with Crippen molar-refractivity contribution in [2.24, 2.45) is 5.92 Å². The number of carboxylic acids is 1. The van der Waals surface area contributed by atoms with E-state index in [1.807, 2.05) is 0 Å². The molecule has 18 heavy (non-hydrogen) atoms. The highest BCUT2D eigenvalue weighted by Gasteiger charge is 2.30. The van der Waals surface area contributed by atoms with Crippen molar-refractivity contribution in [3.63, 3.8) is 0 Å². The number of para-hydroxylation sites is 1. The van der Waals surface area contributed by atoms with Gasteiger partial charge in [0.1, 0.15) is 5.75 Å². The van der Waals surface area contributed by atoms with Gasteiger partial charge in [-0.3, -0.25) is 4.79 Å². The first-order chi connectivity index (χ1) is 8.27. The van der Waals surface area contributed by atoms with E-state index in [-0.39, 0.29) is 17.7 Å². The second kappa shape index (κ2) is 5.33. The Kier molecular flexibility index (Phi) is 4.27. The number of methoxy groups -OCH3 is 1. The molecule has 100 valence electrons. The van der Waals surface area contributed by atoms with Crippen LogP contribution in [0.15, 0.2) is 18.2 Å². The van der Waals surface area contributed by atoms with Crippen molar-refractivity contribution in [2.45, 2.75) is 26.2 Å². The molecule has 0 saturated carbocycles. The van der Waals surface area contributed by atoms with E-state index in [1.54, 1.807) is 6.07 Å². The molecule has 0 bridgehead atoms. The van der Waals surface area contributed by atoms with Gasteiger partial charge in [-0.1, -0.05) is 19.1 Å². The Labute approximate surface area is 104 Å². The fourth-order valence-electron chi connectivity index (χ4n) is 1.75. The average Bonchev–Trinajstić information content (AvgIpc) is 2.27. The molecule has 0 aliphatic rings. The SMILES string of the molecule is COc1c(CC(C)C(=O)O)cccc1C(C)(F)F. The van der Waals surface area contributed by atoms with Crippen molar-refractivity contribution in [3.05, 3.63) is 29.3 Å². The van der Waals surface area contributed by atoms with Crippen LogP contribution in [-0.4, -0.2) is 18.2 Å². The molecular weight excluding hydrogens is 242 g/mol. The fraction of sp³-hybridized carbons (Fsp3) is 0.462. The minimum absolute atomic E-state index is 0.0677. The molecule has 1 N–H and O–H groups in total. The lowest BCUT2D eigenvalue weighted by Gasteiger charge is -2.18. The van der Waals surface area contributed by atoms with E-state index in [9.17, 15) is 13.6 Å². The number of alkyl halides is 2. The van der Waals surface area contributed by atoms with Gasteiger partial charge in [0, 0.05) is 6.92 Å². The Hall–Kier alpha value is -1.65. The molecule has 5 heteroatoms. The van der Waals surface area contributed by atoms with E-state index in [2.05, 4.69) is 0 Å². The van der Waals surface area contributed by atoms with Gasteiger partial charge in [-0.2, -0.15) is 0 Å². The quantitative estimate of drug-likeness (QED) is 0.882. The van der Waals surface area contributed by atoms with Crippen LogP contribution >= 0.6 is 0 Å². The summed E-state index contributed by atoms with van der Waals surface area (Å²) in [5, 5.41) is 8.85. The zero-order chi connectivity index (χ0) is 13.9. The maximum absolute atomic E-state index is 13.4. The minimum atomic E-state index is -3.02. The number of ether oxygens (including phenoxy) is 1. The summed E-state index contributed by atoms with van der Waals surface area (Å²) >= 11 is 0. The summed E-state index contributed by atoms with van der Waals surface area (Å²) in [5.74, 6) is -4.57. The highest BCUT2D eigenvalue weighted by atomic mass is 19.3. The zero-order valence-electron chi connectivity index (χ0n) is 10.5. The Morgan fingerprint density at radius 1 is 1.50 bits per heavy atom. The Bertz CT molecular complexity index is 438. The third-order valence-electron chi connectivity index (χ3n) is 2.72. The van der Waals surface area contributed by atoms with Crippen molar-refractivity contribution in [1.29, 1.82) is 0 Å². The number of carbonyl (C=O) groups is 1. The first-order valence-corrected chi connectivity index (χ1v) is 5.54. The van der Waals surface area contributed by atoms with Gasteiger partial charge in [-0.05, 0) is 18.1 Å². The Morgan fingerprint density at radius 3 is 2.56 bits per heavy atom. The molecule has 1 atom stereocenters. The number of carboxylic acid groups (broad SMARTS) is 1. The van der Waals surface area contributed by atoms with Crippen LogP contribution in [0.3, 0.4) is 0 Å². The van der Waals surface area contributed by atoms with E-state index in [0.717, 1.165) is 6.92 Å². The largest absolute Gasteiger partial charge is 0.496 e. The summed E-state index contributed by atoms with van der Waals surface area (Å²) in [6.45, 7) is 2.31. The van der Waals surface area contributed by atoms with Crippen molar-refractivity contribution in [1.82, 2.24) is 0 Å². The van der Waals surface area contributed by atoms with Crippen LogP contribution in [0.4, 0.5) is 8.78 Å². The van der Waals surface area contributed by atoms with E-state index < -0.39 is 17.8 Å². The minimum Gasteiger partial charge on any atom is -0.496 e. The lowest BCUT2D eigenvalue weighted by molar-refractivity contribution is -0.141. The van der Waals surface area contributed by atoms with Crippen molar-refractivity contribution >= 4 is 5.97 Å². The van der Waals surface area contributed by atoms with Crippen molar-refractivity contribution in [3.8, 4) is 5.75 Å². The van der Waals surface area contributed by atoms with Gasteiger partial charge in [-0.25, -0.2) is 8.78 Å². The standard InChI is InChI=1S/C13H16F2O3/c1-8(12(16)17)7-9-5-4-6-10(11(9)18-3)13(2,14)15/h4-6,8H,7H2,1-3H3,(H,16,17). The van der Waals surface area contributed by atoms with Gasteiger partial charge in [-0.15, -0.1) is 0 Å². The third kappa shape index (κ3) is 3.18. The van der Waals surface area contributed by atoms with E-state index in [4.69, 9.17) is 9.84 Å². The summed E-state index contributed by atoms with van der Waals surface area (Å²) in [7, 11) is 1.31. The third-order valence-corrected chi connectivity index (χ3v) is 2.72. The number of benzene rings is 1. The van der Waals surface area contributed by atoms with Crippen LogP contribution in [0, 0.1) is 5.92 Å². The number of halogens is 2. The van der Waals surface area contributed by atoms with Crippen LogP contribution in [0.1, 0.15) is 25.0 Å². The van der Waals surface area contributed by atoms with E-state index >= 15 is 0 Å². The molecule has 1 aromatic carbocycles. The van der Waals surface area contributed by atoms with Crippen LogP contribution in [0.25, 0.3) is 0 Å². The van der Waals surface area contributed by atoms with Crippen LogP contribution < -0.4 is 4.74 Å². The first-order valence-electron chi connectivity index (χ1n) is 5.54. The second-order valence-corrected chi connectivity index (χ2v) is 4.33. The number of hydrogen-bond acceptors (Lipinski definition) is 2. The molecule has 0 fully saturated rings. The van der Waals surface area contributed by atoms with Gasteiger partial charge >= 0.3 is 5.97 Å². The average molecular weight is 258 g/mol. The van der Waals surface area contributed by atoms with Gasteiger partial charge < -0.3 is 9.84 Å². The monoisotopic (exact) mass is 258 g/mol. The highest BCUT2D eigenvalue weighted by molar-refractivity contribution is 5.70. The van der Waals surface area contributed by atoms with Gasteiger partial charge in [0.25, 0.3) is 5.92 Å². The van der Waals surface area contributed by atoms with Crippen molar-refractivity contribution < 1.29 is 23.4 Å². The molecule has 0 aliphatic carbocycles. The molecule has 0 aliphatic heterocycles. The smallest absolute Gasteiger partial charge is 0.306 e.